The molecule has 1 aromatic carbocycles. The molecule has 0 radical (unpaired) electrons. The smallest absolute Gasteiger partial charge is 0.276 e. The van der Waals surface area contributed by atoms with Gasteiger partial charge in [0.25, 0.3) is 5.89 Å². The van der Waals surface area contributed by atoms with Crippen molar-refractivity contribution in [3.05, 3.63) is 54.4 Å². The van der Waals surface area contributed by atoms with E-state index in [0.29, 0.717) is 11.6 Å². The molecule has 0 bridgehead atoms. The molecular weight excluding hydrogens is 324 g/mol. The Balaban J connectivity index is 1.63. The molecule has 2 aromatic heterocycles. The van der Waals surface area contributed by atoms with Crippen LogP contribution in [0.5, 0.6) is 0 Å². The first kappa shape index (κ1) is 16.9. The van der Waals surface area contributed by atoms with Gasteiger partial charge in [0.1, 0.15) is 5.69 Å². The maximum absolute atomic E-state index is 5.56. The Morgan fingerprint density at radius 3 is 2.50 bits per heavy atom. The molecule has 3 aromatic rings. The minimum Gasteiger partial charge on any atom is -0.332 e. The number of nitrogens with zero attached hydrogens (tertiary/aromatic N) is 4. The van der Waals surface area contributed by atoms with Gasteiger partial charge in [-0.05, 0) is 52.3 Å². The molecule has 134 valence electrons. The minimum absolute atomic E-state index is 0.0907. The molecule has 3 heterocycles. The highest BCUT2D eigenvalue weighted by Crippen LogP contribution is 2.36. The van der Waals surface area contributed by atoms with E-state index in [9.17, 15) is 0 Å². The first-order chi connectivity index (χ1) is 12.5. The summed E-state index contributed by atoms with van der Waals surface area (Å²) in [5.41, 5.74) is 2.78. The lowest BCUT2D eigenvalue weighted by atomic mass is 10.0. The third-order valence-electron chi connectivity index (χ3n) is 4.89. The van der Waals surface area contributed by atoms with E-state index in [4.69, 9.17) is 9.51 Å². The third kappa shape index (κ3) is 3.27. The SMILES string of the molecule is CC(C)(C)N1CCCC1c1noc(-c2cccc(-c3ccccc3)n2)n1. The lowest BCUT2D eigenvalue weighted by Crippen LogP contribution is -2.40. The normalized spacial score (nSPS) is 18.3. The Morgan fingerprint density at radius 2 is 1.73 bits per heavy atom. The van der Waals surface area contributed by atoms with Crippen LogP contribution in [0, 0.1) is 0 Å². The van der Waals surface area contributed by atoms with Gasteiger partial charge in [-0.2, -0.15) is 4.98 Å². The van der Waals surface area contributed by atoms with E-state index in [0.717, 1.165) is 36.5 Å². The van der Waals surface area contributed by atoms with Crippen molar-refractivity contribution in [3.8, 4) is 22.8 Å². The number of hydrogen-bond donors (Lipinski definition) is 0. The molecule has 5 nitrogen and oxygen atoms in total. The van der Waals surface area contributed by atoms with E-state index in [1.807, 2.05) is 48.5 Å². The Kier molecular flexibility index (Phi) is 4.32. The van der Waals surface area contributed by atoms with Crippen LogP contribution >= 0.6 is 0 Å². The van der Waals surface area contributed by atoms with Crippen molar-refractivity contribution in [1.29, 1.82) is 0 Å². The van der Waals surface area contributed by atoms with Crippen LogP contribution in [0.4, 0.5) is 0 Å². The largest absolute Gasteiger partial charge is 0.332 e. The van der Waals surface area contributed by atoms with Crippen LogP contribution in [-0.4, -0.2) is 32.1 Å². The van der Waals surface area contributed by atoms with Gasteiger partial charge in [-0.15, -0.1) is 0 Å². The topological polar surface area (TPSA) is 55.1 Å². The summed E-state index contributed by atoms with van der Waals surface area (Å²) >= 11 is 0. The number of hydrogen-bond acceptors (Lipinski definition) is 5. The fourth-order valence-electron chi connectivity index (χ4n) is 3.64. The van der Waals surface area contributed by atoms with E-state index in [1.54, 1.807) is 0 Å². The van der Waals surface area contributed by atoms with Crippen molar-refractivity contribution in [2.24, 2.45) is 0 Å². The fourth-order valence-corrected chi connectivity index (χ4v) is 3.64. The lowest BCUT2D eigenvalue weighted by Gasteiger charge is -2.35. The van der Waals surface area contributed by atoms with Crippen molar-refractivity contribution in [2.45, 2.75) is 45.2 Å². The second kappa shape index (κ2) is 6.65. The van der Waals surface area contributed by atoms with E-state index in [2.05, 4.69) is 35.8 Å². The monoisotopic (exact) mass is 348 g/mol. The molecule has 1 aliphatic rings. The van der Waals surface area contributed by atoms with E-state index in [-0.39, 0.29) is 11.6 Å². The molecule has 0 spiro atoms. The van der Waals surface area contributed by atoms with E-state index >= 15 is 0 Å². The molecular formula is C21H24N4O. The summed E-state index contributed by atoms with van der Waals surface area (Å²) in [5, 5.41) is 4.27. The van der Waals surface area contributed by atoms with E-state index < -0.39 is 0 Å². The van der Waals surface area contributed by atoms with Crippen LogP contribution in [0.25, 0.3) is 22.8 Å². The molecule has 1 unspecified atom stereocenters. The highest BCUT2D eigenvalue weighted by atomic mass is 16.5. The van der Waals surface area contributed by atoms with Gasteiger partial charge in [0.2, 0.25) is 0 Å². The summed E-state index contributed by atoms with van der Waals surface area (Å²) in [5.74, 6) is 1.25. The van der Waals surface area contributed by atoms with Crippen LogP contribution in [0.15, 0.2) is 53.1 Å². The Morgan fingerprint density at radius 1 is 0.962 bits per heavy atom. The molecule has 26 heavy (non-hydrogen) atoms. The second-order valence-electron chi connectivity index (χ2n) is 7.75. The maximum atomic E-state index is 5.56. The van der Waals surface area contributed by atoms with Gasteiger partial charge in [0.05, 0.1) is 11.7 Å². The molecule has 0 amide bonds. The number of aromatic nitrogens is 3. The average molecular weight is 348 g/mol. The molecule has 1 aliphatic heterocycles. The standard InChI is InChI=1S/C21H24N4O/c1-21(2,3)25-14-8-13-18(25)19-23-20(26-24-19)17-12-7-11-16(22-17)15-9-5-4-6-10-15/h4-7,9-12,18H,8,13-14H2,1-3H3. The van der Waals surface area contributed by atoms with Crippen molar-refractivity contribution < 1.29 is 4.52 Å². The molecule has 5 heteroatoms. The zero-order chi connectivity index (χ0) is 18.1. The maximum Gasteiger partial charge on any atom is 0.276 e. The van der Waals surface area contributed by atoms with Crippen molar-refractivity contribution in [1.82, 2.24) is 20.0 Å². The summed E-state index contributed by atoms with van der Waals surface area (Å²) in [6, 6.07) is 16.2. The third-order valence-corrected chi connectivity index (χ3v) is 4.89. The Bertz CT molecular complexity index is 882. The quantitative estimate of drug-likeness (QED) is 0.684. The van der Waals surface area contributed by atoms with Crippen LogP contribution in [-0.2, 0) is 0 Å². The number of likely N-dealkylation sites (tertiary alicyclic amines) is 1. The van der Waals surface area contributed by atoms with Gasteiger partial charge < -0.3 is 4.52 Å². The Labute approximate surface area is 154 Å². The Hall–Kier alpha value is -2.53. The van der Waals surface area contributed by atoms with Gasteiger partial charge in [-0.25, -0.2) is 4.98 Å². The predicted octanol–water partition coefficient (Wildman–Crippen LogP) is 4.73. The first-order valence-electron chi connectivity index (χ1n) is 9.15. The minimum atomic E-state index is 0.0907. The number of pyridine rings is 1. The van der Waals surface area contributed by atoms with Gasteiger partial charge in [0.15, 0.2) is 5.82 Å². The van der Waals surface area contributed by atoms with Gasteiger partial charge >= 0.3 is 0 Å². The van der Waals surface area contributed by atoms with Crippen molar-refractivity contribution in [2.75, 3.05) is 6.54 Å². The summed E-state index contributed by atoms with van der Waals surface area (Å²) in [6.45, 7) is 7.77. The lowest BCUT2D eigenvalue weighted by molar-refractivity contribution is 0.115. The molecule has 1 atom stereocenters. The molecule has 0 N–H and O–H groups in total. The second-order valence-corrected chi connectivity index (χ2v) is 7.75. The zero-order valence-electron chi connectivity index (χ0n) is 15.5. The van der Waals surface area contributed by atoms with Crippen molar-refractivity contribution in [3.63, 3.8) is 0 Å². The summed E-state index contributed by atoms with van der Waals surface area (Å²) in [4.78, 5) is 11.8. The number of rotatable bonds is 3. The van der Waals surface area contributed by atoms with Crippen LogP contribution in [0.1, 0.15) is 45.5 Å². The average Bonchev–Trinajstić information content (AvgIpc) is 3.31. The highest BCUT2D eigenvalue weighted by molar-refractivity contribution is 5.62. The molecule has 1 fully saturated rings. The van der Waals surface area contributed by atoms with Crippen LogP contribution < -0.4 is 0 Å². The van der Waals surface area contributed by atoms with Gasteiger partial charge in [0, 0.05) is 11.1 Å². The van der Waals surface area contributed by atoms with Gasteiger partial charge in [-0.1, -0.05) is 41.6 Å². The van der Waals surface area contributed by atoms with E-state index in [1.165, 1.54) is 0 Å². The van der Waals surface area contributed by atoms with Crippen LogP contribution in [0.2, 0.25) is 0 Å². The van der Waals surface area contributed by atoms with Crippen LogP contribution in [0.3, 0.4) is 0 Å². The molecule has 1 saturated heterocycles. The summed E-state index contributed by atoms with van der Waals surface area (Å²) < 4.78 is 5.56. The molecule has 0 aliphatic carbocycles. The molecule has 4 rings (SSSR count). The zero-order valence-corrected chi connectivity index (χ0v) is 15.5. The molecule has 0 saturated carbocycles. The van der Waals surface area contributed by atoms with Crippen molar-refractivity contribution >= 4 is 0 Å². The fraction of sp³-hybridized carbons (Fsp3) is 0.381. The highest BCUT2D eigenvalue weighted by Gasteiger charge is 2.36. The van der Waals surface area contributed by atoms with Gasteiger partial charge in [-0.3, -0.25) is 4.90 Å². The number of benzene rings is 1. The first-order valence-corrected chi connectivity index (χ1v) is 9.15. The predicted molar refractivity (Wildman–Crippen MR) is 101 cm³/mol. The summed E-state index contributed by atoms with van der Waals surface area (Å²) in [6.07, 6.45) is 2.22. The summed E-state index contributed by atoms with van der Waals surface area (Å²) in [7, 11) is 0.